The number of aromatic carboxylic acids is 1. The van der Waals surface area contributed by atoms with Crippen LogP contribution in [0.3, 0.4) is 0 Å². The summed E-state index contributed by atoms with van der Waals surface area (Å²) in [7, 11) is 0. The van der Waals surface area contributed by atoms with Crippen molar-refractivity contribution in [1.82, 2.24) is 4.98 Å². The molecular weight excluding hydrogens is 234 g/mol. The lowest BCUT2D eigenvalue weighted by molar-refractivity contribution is 0.0697. The zero-order chi connectivity index (χ0) is 13.1. The lowest BCUT2D eigenvalue weighted by Gasteiger charge is -2.08. The van der Waals surface area contributed by atoms with Crippen LogP contribution in [0.15, 0.2) is 28.8 Å². The normalized spacial score (nSPS) is 10.3. The van der Waals surface area contributed by atoms with Crippen molar-refractivity contribution in [1.29, 1.82) is 0 Å². The lowest BCUT2D eigenvalue weighted by Crippen LogP contribution is -2.04. The predicted molar refractivity (Wildman–Crippen MR) is 66.4 cm³/mol. The van der Waals surface area contributed by atoms with Crippen LogP contribution in [0.25, 0.3) is 0 Å². The molecule has 1 aromatic carbocycles. The number of carboxylic acids is 1. The SMILES string of the molecule is Cc1cnc(CNc2ccc(C(=O)O)cc2N)o1. The maximum Gasteiger partial charge on any atom is 0.335 e. The van der Waals surface area contributed by atoms with Gasteiger partial charge in [-0.15, -0.1) is 0 Å². The molecule has 0 saturated heterocycles. The number of carboxylic acid groups (broad SMARTS) is 1. The second-order valence-corrected chi connectivity index (χ2v) is 3.83. The number of nitrogens with one attached hydrogen (secondary N) is 1. The van der Waals surface area contributed by atoms with Crippen molar-refractivity contribution in [2.24, 2.45) is 0 Å². The molecular formula is C12H13N3O3. The van der Waals surface area contributed by atoms with E-state index in [9.17, 15) is 4.79 Å². The first kappa shape index (κ1) is 12.0. The van der Waals surface area contributed by atoms with Crippen molar-refractivity contribution in [3.05, 3.63) is 41.6 Å². The molecule has 2 rings (SSSR count). The van der Waals surface area contributed by atoms with Gasteiger partial charge in [0.2, 0.25) is 5.89 Å². The van der Waals surface area contributed by atoms with Crippen molar-refractivity contribution >= 4 is 17.3 Å². The highest BCUT2D eigenvalue weighted by Crippen LogP contribution is 2.20. The number of anilines is 2. The van der Waals surface area contributed by atoms with Crippen molar-refractivity contribution in [3.8, 4) is 0 Å². The third kappa shape index (κ3) is 2.60. The fraction of sp³-hybridized carbons (Fsp3) is 0.167. The Kier molecular flexibility index (Phi) is 3.18. The topological polar surface area (TPSA) is 101 Å². The summed E-state index contributed by atoms with van der Waals surface area (Å²) < 4.78 is 5.30. The molecule has 6 nitrogen and oxygen atoms in total. The largest absolute Gasteiger partial charge is 0.478 e. The van der Waals surface area contributed by atoms with Gasteiger partial charge in [0.15, 0.2) is 0 Å². The molecule has 0 saturated carbocycles. The first-order valence-electron chi connectivity index (χ1n) is 5.34. The average molecular weight is 247 g/mol. The monoisotopic (exact) mass is 247 g/mol. The fourth-order valence-corrected chi connectivity index (χ4v) is 1.51. The summed E-state index contributed by atoms with van der Waals surface area (Å²) >= 11 is 0. The van der Waals surface area contributed by atoms with Gasteiger partial charge in [0.1, 0.15) is 5.76 Å². The number of aromatic nitrogens is 1. The van der Waals surface area contributed by atoms with Gasteiger partial charge >= 0.3 is 5.97 Å². The van der Waals surface area contributed by atoms with Crippen LogP contribution in [-0.4, -0.2) is 16.1 Å². The van der Waals surface area contributed by atoms with E-state index in [1.807, 2.05) is 6.92 Å². The van der Waals surface area contributed by atoms with Crippen LogP contribution in [0.5, 0.6) is 0 Å². The molecule has 2 aromatic rings. The Morgan fingerprint density at radius 3 is 2.89 bits per heavy atom. The van der Waals surface area contributed by atoms with Gasteiger partial charge in [-0.25, -0.2) is 9.78 Å². The number of nitrogens with two attached hydrogens (primary N) is 1. The van der Waals surface area contributed by atoms with E-state index in [1.54, 1.807) is 12.3 Å². The minimum absolute atomic E-state index is 0.157. The molecule has 0 atom stereocenters. The van der Waals surface area contributed by atoms with E-state index in [2.05, 4.69) is 10.3 Å². The van der Waals surface area contributed by atoms with Crippen LogP contribution in [0.1, 0.15) is 22.0 Å². The van der Waals surface area contributed by atoms with E-state index in [-0.39, 0.29) is 5.56 Å². The predicted octanol–water partition coefficient (Wildman–Crippen LogP) is 1.88. The number of hydrogen-bond donors (Lipinski definition) is 3. The number of hydrogen-bond acceptors (Lipinski definition) is 5. The van der Waals surface area contributed by atoms with E-state index in [1.165, 1.54) is 12.1 Å². The van der Waals surface area contributed by atoms with E-state index < -0.39 is 5.97 Å². The number of aryl methyl sites for hydroxylation is 1. The summed E-state index contributed by atoms with van der Waals surface area (Å²) in [6, 6.07) is 4.52. The van der Waals surface area contributed by atoms with Gasteiger partial charge < -0.3 is 20.6 Å². The average Bonchev–Trinajstić information content (AvgIpc) is 2.73. The molecule has 0 unspecified atom stereocenters. The summed E-state index contributed by atoms with van der Waals surface area (Å²) in [6.45, 7) is 2.21. The number of nitrogens with zero attached hydrogens (tertiary/aromatic N) is 1. The molecule has 18 heavy (non-hydrogen) atoms. The lowest BCUT2D eigenvalue weighted by atomic mass is 10.2. The highest BCUT2D eigenvalue weighted by molar-refractivity contribution is 5.90. The van der Waals surface area contributed by atoms with Gasteiger partial charge in [-0.05, 0) is 25.1 Å². The maximum absolute atomic E-state index is 10.7. The van der Waals surface area contributed by atoms with Gasteiger partial charge in [-0.1, -0.05) is 0 Å². The molecule has 0 aliphatic rings. The van der Waals surface area contributed by atoms with Crippen LogP contribution in [-0.2, 0) is 6.54 Å². The molecule has 0 fully saturated rings. The number of carbonyl (C=O) groups is 1. The summed E-state index contributed by atoms with van der Waals surface area (Å²) in [5.41, 5.74) is 6.93. The standard InChI is InChI=1S/C12H13N3O3/c1-7-5-15-11(18-7)6-14-10-3-2-8(12(16)17)4-9(10)13/h2-5,14H,6,13H2,1H3,(H,16,17). The van der Waals surface area contributed by atoms with E-state index in [0.29, 0.717) is 23.8 Å². The molecule has 0 radical (unpaired) electrons. The third-order valence-electron chi connectivity index (χ3n) is 2.40. The smallest absolute Gasteiger partial charge is 0.335 e. The first-order valence-corrected chi connectivity index (χ1v) is 5.34. The summed E-state index contributed by atoms with van der Waals surface area (Å²) in [4.78, 5) is 14.8. The van der Waals surface area contributed by atoms with E-state index in [4.69, 9.17) is 15.3 Å². The van der Waals surface area contributed by atoms with Crippen molar-refractivity contribution in [2.75, 3.05) is 11.1 Å². The Hall–Kier alpha value is -2.50. The van der Waals surface area contributed by atoms with Gasteiger partial charge in [-0.3, -0.25) is 0 Å². The molecule has 0 aliphatic carbocycles. The quantitative estimate of drug-likeness (QED) is 0.713. The van der Waals surface area contributed by atoms with Crippen LogP contribution < -0.4 is 11.1 Å². The summed E-state index contributed by atoms with van der Waals surface area (Å²) in [5, 5.41) is 11.8. The van der Waals surface area contributed by atoms with Crippen LogP contribution in [0.2, 0.25) is 0 Å². The zero-order valence-corrected chi connectivity index (χ0v) is 9.80. The molecule has 0 amide bonds. The Morgan fingerprint density at radius 1 is 1.56 bits per heavy atom. The Balaban J connectivity index is 2.08. The summed E-state index contributed by atoms with van der Waals surface area (Å²) in [5.74, 6) is 0.284. The molecule has 4 N–H and O–H groups in total. The Labute approximate surface area is 103 Å². The van der Waals surface area contributed by atoms with Gasteiger partial charge in [0.05, 0.1) is 29.7 Å². The van der Waals surface area contributed by atoms with Crippen LogP contribution in [0, 0.1) is 6.92 Å². The van der Waals surface area contributed by atoms with Gasteiger partial charge in [0, 0.05) is 0 Å². The number of benzene rings is 1. The molecule has 6 heteroatoms. The zero-order valence-electron chi connectivity index (χ0n) is 9.80. The minimum atomic E-state index is -1.00. The van der Waals surface area contributed by atoms with Crippen molar-refractivity contribution < 1.29 is 14.3 Å². The van der Waals surface area contributed by atoms with E-state index >= 15 is 0 Å². The van der Waals surface area contributed by atoms with Gasteiger partial charge in [0.25, 0.3) is 0 Å². The highest BCUT2D eigenvalue weighted by Gasteiger charge is 2.07. The van der Waals surface area contributed by atoms with Crippen LogP contribution in [0.4, 0.5) is 11.4 Å². The fourth-order valence-electron chi connectivity index (χ4n) is 1.51. The molecule has 0 spiro atoms. The number of rotatable bonds is 4. The van der Waals surface area contributed by atoms with Gasteiger partial charge in [-0.2, -0.15) is 0 Å². The summed E-state index contributed by atoms with van der Waals surface area (Å²) in [6.07, 6.45) is 1.63. The number of nitrogen functional groups attached to an aromatic ring is 1. The van der Waals surface area contributed by atoms with Crippen molar-refractivity contribution in [3.63, 3.8) is 0 Å². The number of oxazole rings is 1. The van der Waals surface area contributed by atoms with E-state index in [0.717, 1.165) is 5.76 Å². The first-order chi connectivity index (χ1) is 8.56. The minimum Gasteiger partial charge on any atom is -0.478 e. The molecule has 0 aliphatic heterocycles. The Morgan fingerprint density at radius 2 is 2.33 bits per heavy atom. The molecule has 1 aromatic heterocycles. The molecule has 1 heterocycles. The highest BCUT2D eigenvalue weighted by atomic mass is 16.4. The Bertz CT molecular complexity index is 578. The molecule has 94 valence electrons. The maximum atomic E-state index is 10.7. The van der Waals surface area contributed by atoms with Crippen molar-refractivity contribution in [2.45, 2.75) is 13.5 Å². The molecule has 0 bridgehead atoms. The second kappa shape index (κ2) is 4.79. The third-order valence-corrected chi connectivity index (χ3v) is 2.40. The van der Waals surface area contributed by atoms with Crippen LogP contribution >= 0.6 is 0 Å². The second-order valence-electron chi connectivity index (χ2n) is 3.83.